The van der Waals surface area contributed by atoms with Crippen molar-refractivity contribution in [1.29, 1.82) is 5.26 Å². The highest BCUT2D eigenvalue weighted by atomic mass is 16.1. The molecule has 0 aliphatic rings. The van der Waals surface area contributed by atoms with E-state index in [2.05, 4.69) is 16.7 Å². The van der Waals surface area contributed by atoms with Crippen LogP contribution in [-0.4, -0.2) is 19.0 Å². The number of nitrogens with zero attached hydrogens (tertiary/aromatic N) is 1. The van der Waals surface area contributed by atoms with Crippen molar-refractivity contribution in [2.75, 3.05) is 18.4 Å². The maximum absolute atomic E-state index is 11.4. The Morgan fingerprint density at radius 3 is 2.62 bits per heavy atom. The van der Waals surface area contributed by atoms with Gasteiger partial charge in [0.25, 0.3) is 0 Å². The predicted molar refractivity (Wildman–Crippen MR) is 62.9 cm³/mol. The van der Waals surface area contributed by atoms with Gasteiger partial charge in [0, 0.05) is 5.69 Å². The van der Waals surface area contributed by atoms with Crippen molar-refractivity contribution < 1.29 is 4.79 Å². The normalized spacial score (nSPS) is 9.50. The lowest BCUT2D eigenvalue weighted by molar-refractivity contribution is -0.115. The molecule has 4 nitrogen and oxygen atoms in total. The molecule has 1 aromatic rings. The maximum Gasteiger partial charge on any atom is 0.238 e. The van der Waals surface area contributed by atoms with Crippen LogP contribution in [0.25, 0.3) is 0 Å². The Labute approximate surface area is 95.3 Å². The zero-order valence-corrected chi connectivity index (χ0v) is 9.29. The second-order valence-corrected chi connectivity index (χ2v) is 3.36. The third-order valence-electron chi connectivity index (χ3n) is 2.06. The molecule has 2 N–H and O–H groups in total. The van der Waals surface area contributed by atoms with Crippen LogP contribution in [0.3, 0.4) is 0 Å². The highest BCUT2D eigenvalue weighted by Crippen LogP contribution is 2.09. The van der Waals surface area contributed by atoms with Gasteiger partial charge in [-0.3, -0.25) is 4.79 Å². The molecule has 0 aliphatic heterocycles. The van der Waals surface area contributed by atoms with Crippen LogP contribution < -0.4 is 10.6 Å². The highest BCUT2D eigenvalue weighted by molar-refractivity contribution is 5.92. The minimum absolute atomic E-state index is 0.0603. The number of hydrogen-bond acceptors (Lipinski definition) is 3. The molecule has 1 rings (SSSR count). The standard InChI is InChI=1S/C12H15N3O/c1-2-14-9-12(16)15-11-5-3-10(4-6-11)7-8-13/h3-6,14H,2,7,9H2,1H3,(H,15,16). The largest absolute Gasteiger partial charge is 0.325 e. The number of hydrogen-bond donors (Lipinski definition) is 2. The molecule has 0 aliphatic carbocycles. The summed E-state index contributed by atoms with van der Waals surface area (Å²) in [7, 11) is 0. The Bertz CT molecular complexity index is 378. The molecule has 4 heteroatoms. The SMILES string of the molecule is CCNCC(=O)Nc1ccc(CC#N)cc1. The zero-order chi connectivity index (χ0) is 11.8. The molecule has 0 unspecified atom stereocenters. The molecular formula is C12H15N3O. The monoisotopic (exact) mass is 217 g/mol. The molecule has 0 spiro atoms. The molecule has 84 valence electrons. The fourth-order valence-electron chi connectivity index (χ4n) is 1.24. The molecule has 0 bridgehead atoms. The van der Waals surface area contributed by atoms with E-state index >= 15 is 0 Å². The summed E-state index contributed by atoms with van der Waals surface area (Å²) >= 11 is 0. The van der Waals surface area contributed by atoms with Crippen molar-refractivity contribution in [2.45, 2.75) is 13.3 Å². The molecule has 0 saturated heterocycles. The highest BCUT2D eigenvalue weighted by Gasteiger charge is 2.00. The zero-order valence-electron chi connectivity index (χ0n) is 9.29. The third-order valence-corrected chi connectivity index (χ3v) is 2.06. The number of likely N-dealkylation sites (N-methyl/N-ethyl adjacent to an activating group) is 1. The third kappa shape index (κ3) is 4.11. The molecule has 0 atom stereocenters. The van der Waals surface area contributed by atoms with Gasteiger partial charge in [-0.2, -0.15) is 5.26 Å². The van der Waals surface area contributed by atoms with Crippen LogP contribution in [0.1, 0.15) is 12.5 Å². The fraction of sp³-hybridized carbons (Fsp3) is 0.333. The van der Waals surface area contributed by atoms with Crippen molar-refractivity contribution in [2.24, 2.45) is 0 Å². The Morgan fingerprint density at radius 2 is 2.06 bits per heavy atom. The molecular weight excluding hydrogens is 202 g/mol. The van der Waals surface area contributed by atoms with Gasteiger partial charge in [-0.05, 0) is 24.2 Å². The molecule has 0 heterocycles. The van der Waals surface area contributed by atoms with Crippen molar-refractivity contribution in [1.82, 2.24) is 5.32 Å². The number of anilines is 1. The fourth-order valence-corrected chi connectivity index (χ4v) is 1.24. The average Bonchev–Trinajstić information content (AvgIpc) is 2.29. The molecule has 0 saturated carbocycles. The van der Waals surface area contributed by atoms with E-state index in [1.807, 2.05) is 19.1 Å². The quantitative estimate of drug-likeness (QED) is 0.781. The van der Waals surface area contributed by atoms with E-state index in [1.54, 1.807) is 12.1 Å². The van der Waals surface area contributed by atoms with Gasteiger partial charge in [0.1, 0.15) is 0 Å². The Balaban J connectivity index is 2.49. The van der Waals surface area contributed by atoms with E-state index in [4.69, 9.17) is 5.26 Å². The van der Waals surface area contributed by atoms with Crippen LogP contribution in [-0.2, 0) is 11.2 Å². The Hall–Kier alpha value is -1.86. The first-order chi connectivity index (χ1) is 7.76. The van der Waals surface area contributed by atoms with E-state index < -0.39 is 0 Å². The van der Waals surface area contributed by atoms with E-state index in [-0.39, 0.29) is 5.91 Å². The molecule has 0 aromatic heterocycles. The van der Waals surface area contributed by atoms with Crippen molar-refractivity contribution in [3.8, 4) is 6.07 Å². The van der Waals surface area contributed by atoms with Crippen LogP contribution in [0, 0.1) is 11.3 Å². The summed E-state index contributed by atoms with van der Waals surface area (Å²) in [5, 5.41) is 14.2. The predicted octanol–water partition coefficient (Wildman–Crippen LogP) is 1.30. The summed E-state index contributed by atoms with van der Waals surface area (Å²) in [6, 6.07) is 9.36. The smallest absolute Gasteiger partial charge is 0.238 e. The van der Waals surface area contributed by atoms with Gasteiger partial charge in [-0.25, -0.2) is 0 Å². The number of benzene rings is 1. The topological polar surface area (TPSA) is 64.9 Å². The second-order valence-electron chi connectivity index (χ2n) is 3.36. The van der Waals surface area contributed by atoms with Gasteiger partial charge in [-0.1, -0.05) is 19.1 Å². The summed E-state index contributed by atoms with van der Waals surface area (Å²) in [4.78, 5) is 11.4. The maximum atomic E-state index is 11.4. The minimum Gasteiger partial charge on any atom is -0.325 e. The van der Waals surface area contributed by atoms with Crippen LogP contribution in [0.5, 0.6) is 0 Å². The number of nitrogens with one attached hydrogen (secondary N) is 2. The van der Waals surface area contributed by atoms with Gasteiger partial charge in [0.05, 0.1) is 19.0 Å². The first-order valence-corrected chi connectivity index (χ1v) is 5.22. The molecule has 16 heavy (non-hydrogen) atoms. The molecule has 0 fully saturated rings. The first kappa shape index (κ1) is 12.2. The van der Waals surface area contributed by atoms with Crippen LogP contribution in [0.4, 0.5) is 5.69 Å². The molecule has 1 aromatic carbocycles. The van der Waals surface area contributed by atoms with Crippen LogP contribution in [0.15, 0.2) is 24.3 Å². The summed E-state index contributed by atoms with van der Waals surface area (Å²) in [6.45, 7) is 3.04. The van der Waals surface area contributed by atoms with E-state index in [9.17, 15) is 4.79 Å². The Morgan fingerprint density at radius 1 is 1.38 bits per heavy atom. The summed E-state index contributed by atoms with van der Waals surface area (Å²) in [6.07, 6.45) is 0.394. The van der Waals surface area contributed by atoms with Gasteiger partial charge < -0.3 is 10.6 Å². The number of carbonyl (C=O) groups is 1. The first-order valence-electron chi connectivity index (χ1n) is 5.22. The number of carbonyl (C=O) groups excluding carboxylic acids is 1. The Kier molecular flexibility index (Phi) is 5.03. The van der Waals surface area contributed by atoms with Gasteiger partial charge >= 0.3 is 0 Å². The minimum atomic E-state index is -0.0603. The lowest BCUT2D eigenvalue weighted by atomic mass is 10.1. The molecule has 1 amide bonds. The van der Waals surface area contributed by atoms with Crippen LogP contribution >= 0.6 is 0 Å². The number of rotatable bonds is 5. The summed E-state index contributed by atoms with van der Waals surface area (Å²) < 4.78 is 0. The van der Waals surface area contributed by atoms with Crippen molar-refractivity contribution in [3.63, 3.8) is 0 Å². The van der Waals surface area contributed by atoms with Crippen molar-refractivity contribution >= 4 is 11.6 Å². The van der Waals surface area contributed by atoms with E-state index in [0.29, 0.717) is 13.0 Å². The average molecular weight is 217 g/mol. The lowest BCUT2D eigenvalue weighted by Gasteiger charge is -2.05. The lowest BCUT2D eigenvalue weighted by Crippen LogP contribution is -2.27. The number of amides is 1. The van der Waals surface area contributed by atoms with E-state index in [1.165, 1.54) is 0 Å². The second kappa shape index (κ2) is 6.59. The van der Waals surface area contributed by atoms with Gasteiger partial charge in [0.15, 0.2) is 0 Å². The number of nitriles is 1. The summed E-state index contributed by atoms with van der Waals surface area (Å²) in [5.74, 6) is -0.0603. The summed E-state index contributed by atoms with van der Waals surface area (Å²) in [5.41, 5.74) is 1.71. The van der Waals surface area contributed by atoms with E-state index in [0.717, 1.165) is 17.8 Å². The molecule has 0 radical (unpaired) electrons. The van der Waals surface area contributed by atoms with Gasteiger partial charge in [0.2, 0.25) is 5.91 Å². The van der Waals surface area contributed by atoms with Crippen molar-refractivity contribution in [3.05, 3.63) is 29.8 Å². The van der Waals surface area contributed by atoms with Crippen LogP contribution in [0.2, 0.25) is 0 Å². The van der Waals surface area contributed by atoms with Gasteiger partial charge in [-0.15, -0.1) is 0 Å².